The zero-order valence-corrected chi connectivity index (χ0v) is 9.29. The molecule has 1 aromatic carbocycles. The highest BCUT2D eigenvalue weighted by molar-refractivity contribution is 5.75. The molecule has 16 heavy (non-hydrogen) atoms. The summed E-state index contributed by atoms with van der Waals surface area (Å²) in [6.45, 7) is 3.31. The van der Waals surface area contributed by atoms with Gasteiger partial charge in [-0.25, -0.2) is 0 Å². The van der Waals surface area contributed by atoms with Gasteiger partial charge in [0.15, 0.2) is 6.29 Å². The Balaban J connectivity index is 2.00. The van der Waals surface area contributed by atoms with Crippen molar-refractivity contribution in [2.45, 2.75) is 13.2 Å². The van der Waals surface area contributed by atoms with Crippen LogP contribution in [0.3, 0.4) is 0 Å². The van der Waals surface area contributed by atoms with Crippen molar-refractivity contribution in [1.82, 2.24) is 5.32 Å². The molecular weight excluding hydrogens is 206 g/mol. The molecule has 1 atom stereocenters. The Morgan fingerprint density at radius 3 is 2.94 bits per heavy atom. The zero-order chi connectivity index (χ0) is 11.4. The maximum atomic E-state index is 8.72. The lowest BCUT2D eigenvalue weighted by Gasteiger charge is -2.12. The van der Waals surface area contributed by atoms with Crippen LogP contribution in [0.1, 0.15) is 6.92 Å². The fourth-order valence-electron chi connectivity index (χ4n) is 1.68. The van der Waals surface area contributed by atoms with Crippen LogP contribution in [0.5, 0.6) is 5.75 Å². The molecule has 1 unspecified atom stereocenters. The van der Waals surface area contributed by atoms with E-state index in [1.165, 1.54) is 0 Å². The van der Waals surface area contributed by atoms with Gasteiger partial charge in [-0.2, -0.15) is 0 Å². The highest BCUT2D eigenvalue weighted by atomic mass is 16.5. The minimum absolute atomic E-state index is 0.0287. The van der Waals surface area contributed by atoms with Gasteiger partial charge in [-0.3, -0.25) is 5.32 Å². The van der Waals surface area contributed by atoms with Crippen molar-refractivity contribution in [3.05, 3.63) is 18.2 Å². The van der Waals surface area contributed by atoms with Crippen LogP contribution >= 0.6 is 0 Å². The van der Waals surface area contributed by atoms with Gasteiger partial charge >= 0.3 is 0 Å². The zero-order valence-electron chi connectivity index (χ0n) is 9.29. The van der Waals surface area contributed by atoms with Gasteiger partial charge in [0.05, 0.1) is 24.6 Å². The molecule has 0 saturated carbocycles. The Hall–Kier alpha value is -1.46. The van der Waals surface area contributed by atoms with Gasteiger partial charge in [-0.05, 0) is 19.1 Å². The summed E-state index contributed by atoms with van der Waals surface area (Å²) in [4.78, 5) is 0. The van der Waals surface area contributed by atoms with Crippen molar-refractivity contribution in [2.75, 3.05) is 30.4 Å². The second kappa shape index (κ2) is 5.05. The van der Waals surface area contributed by atoms with Gasteiger partial charge < -0.3 is 20.5 Å². The normalized spacial score (nSPS) is 17.5. The summed E-state index contributed by atoms with van der Waals surface area (Å²) in [6, 6.07) is 5.88. The molecule has 0 amide bonds. The van der Waals surface area contributed by atoms with E-state index in [-0.39, 0.29) is 12.9 Å². The maximum absolute atomic E-state index is 8.72. The number of aliphatic hydroxyl groups excluding tert-OH is 1. The molecule has 0 fully saturated rings. The first-order valence-corrected chi connectivity index (χ1v) is 5.47. The van der Waals surface area contributed by atoms with E-state index in [0.717, 1.165) is 17.1 Å². The van der Waals surface area contributed by atoms with E-state index >= 15 is 0 Å². The van der Waals surface area contributed by atoms with Crippen LogP contribution < -0.4 is 20.7 Å². The topological polar surface area (TPSA) is 65.5 Å². The van der Waals surface area contributed by atoms with Gasteiger partial charge in [0.1, 0.15) is 5.75 Å². The van der Waals surface area contributed by atoms with Gasteiger partial charge in [0.25, 0.3) is 0 Å². The number of rotatable bonds is 5. The molecule has 1 aliphatic rings. The minimum Gasteiger partial charge on any atom is -0.494 e. The standard InChI is InChI=1S/C11H17N3O2/c1-2-16-8-3-4-9-10(7-8)14-11(13-9)12-5-6-15/h3-4,7,11-15H,2,5-6H2,1H3. The second-order valence-electron chi connectivity index (χ2n) is 3.54. The largest absolute Gasteiger partial charge is 0.494 e. The Labute approximate surface area is 94.8 Å². The Morgan fingerprint density at radius 1 is 1.38 bits per heavy atom. The summed E-state index contributed by atoms with van der Waals surface area (Å²) in [7, 11) is 0. The molecule has 1 aromatic rings. The summed E-state index contributed by atoms with van der Waals surface area (Å²) in [5.41, 5.74) is 2.06. The van der Waals surface area contributed by atoms with Crippen molar-refractivity contribution in [3.8, 4) is 5.75 Å². The number of fused-ring (bicyclic) bond motifs is 1. The molecule has 5 heteroatoms. The molecule has 0 saturated heterocycles. The van der Waals surface area contributed by atoms with Crippen LogP contribution in [0.15, 0.2) is 18.2 Å². The van der Waals surface area contributed by atoms with E-state index in [9.17, 15) is 0 Å². The summed E-state index contributed by atoms with van der Waals surface area (Å²) in [5, 5.41) is 18.3. The van der Waals surface area contributed by atoms with Crippen LogP contribution in [0, 0.1) is 0 Å². The first-order chi connectivity index (χ1) is 7.83. The molecule has 0 aliphatic carbocycles. The molecule has 2 rings (SSSR count). The number of nitrogens with one attached hydrogen (secondary N) is 3. The third-order valence-electron chi connectivity index (χ3n) is 2.36. The first kappa shape index (κ1) is 11.0. The average Bonchev–Trinajstić information content (AvgIpc) is 2.68. The molecule has 0 bridgehead atoms. The van der Waals surface area contributed by atoms with Crippen molar-refractivity contribution in [3.63, 3.8) is 0 Å². The van der Waals surface area contributed by atoms with Crippen LogP contribution in [0.4, 0.5) is 11.4 Å². The SMILES string of the molecule is CCOc1ccc2c(c1)NC(NCCO)N2. The highest BCUT2D eigenvalue weighted by Crippen LogP contribution is 2.31. The number of aliphatic hydroxyl groups is 1. The minimum atomic E-state index is -0.0287. The van der Waals surface area contributed by atoms with Gasteiger partial charge in [0, 0.05) is 12.6 Å². The fourth-order valence-corrected chi connectivity index (χ4v) is 1.68. The molecule has 4 N–H and O–H groups in total. The monoisotopic (exact) mass is 223 g/mol. The van der Waals surface area contributed by atoms with E-state index in [1.54, 1.807) is 0 Å². The van der Waals surface area contributed by atoms with E-state index in [4.69, 9.17) is 9.84 Å². The summed E-state index contributed by atoms with van der Waals surface area (Å²) in [5.74, 6) is 0.860. The number of hydrogen-bond donors (Lipinski definition) is 4. The molecule has 0 radical (unpaired) electrons. The molecule has 5 nitrogen and oxygen atoms in total. The van der Waals surface area contributed by atoms with Crippen molar-refractivity contribution >= 4 is 11.4 Å². The lowest BCUT2D eigenvalue weighted by Crippen LogP contribution is -2.40. The quantitative estimate of drug-likeness (QED) is 0.594. The summed E-state index contributed by atoms with van der Waals surface area (Å²) >= 11 is 0. The van der Waals surface area contributed by atoms with Gasteiger partial charge in [-0.15, -0.1) is 0 Å². The van der Waals surface area contributed by atoms with E-state index < -0.39 is 0 Å². The molecule has 1 heterocycles. The second-order valence-corrected chi connectivity index (χ2v) is 3.54. The van der Waals surface area contributed by atoms with Crippen LogP contribution in [-0.2, 0) is 0 Å². The van der Waals surface area contributed by atoms with Crippen molar-refractivity contribution in [1.29, 1.82) is 0 Å². The predicted octanol–water partition coefficient (Wildman–Crippen LogP) is 0.788. The number of hydrogen-bond acceptors (Lipinski definition) is 5. The van der Waals surface area contributed by atoms with Gasteiger partial charge in [0.2, 0.25) is 0 Å². The molecular formula is C11H17N3O2. The third-order valence-corrected chi connectivity index (χ3v) is 2.36. The van der Waals surface area contributed by atoms with E-state index in [0.29, 0.717) is 13.2 Å². The predicted molar refractivity (Wildman–Crippen MR) is 63.7 cm³/mol. The molecule has 88 valence electrons. The average molecular weight is 223 g/mol. The smallest absolute Gasteiger partial charge is 0.153 e. The lowest BCUT2D eigenvalue weighted by molar-refractivity contribution is 0.289. The fraction of sp³-hybridized carbons (Fsp3) is 0.455. The van der Waals surface area contributed by atoms with Gasteiger partial charge in [-0.1, -0.05) is 0 Å². The summed E-state index contributed by atoms with van der Waals surface area (Å²) in [6.07, 6.45) is -0.0287. The first-order valence-electron chi connectivity index (χ1n) is 5.47. The van der Waals surface area contributed by atoms with E-state index in [2.05, 4.69) is 16.0 Å². The highest BCUT2D eigenvalue weighted by Gasteiger charge is 2.18. The molecule has 0 aromatic heterocycles. The van der Waals surface area contributed by atoms with Crippen molar-refractivity contribution in [2.24, 2.45) is 0 Å². The Kier molecular flexibility index (Phi) is 3.48. The maximum Gasteiger partial charge on any atom is 0.153 e. The number of ether oxygens (including phenoxy) is 1. The van der Waals surface area contributed by atoms with Crippen LogP contribution in [0.25, 0.3) is 0 Å². The molecule has 1 aliphatic heterocycles. The number of anilines is 2. The summed E-state index contributed by atoms with van der Waals surface area (Å²) < 4.78 is 5.42. The lowest BCUT2D eigenvalue weighted by atomic mass is 10.2. The molecule has 0 spiro atoms. The van der Waals surface area contributed by atoms with Crippen molar-refractivity contribution < 1.29 is 9.84 Å². The Morgan fingerprint density at radius 2 is 2.19 bits per heavy atom. The number of benzene rings is 1. The van der Waals surface area contributed by atoms with E-state index in [1.807, 2.05) is 25.1 Å². The third kappa shape index (κ3) is 2.37. The Bertz CT molecular complexity index is 357. The van der Waals surface area contributed by atoms with Crippen LogP contribution in [0.2, 0.25) is 0 Å². The van der Waals surface area contributed by atoms with Crippen LogP contribution in [-0.4, -0.2) is 31.2 Å².